The van der Waals surface area contributed by atoms with Crippen molar-refractivity contribution in [1.82, 2.24) is 4.98 Å². The number of amides is 1. The SMILES string of the molecule is C=c1oc(C)n/c1=C1\CC(N)=C(C(N)=O)\C1=C(\C)C(F)(F)F.CC.CC. The van der Waals surface area contributed by atoms with Crippen molar-refractivity contribution in [3.05, 3.63) is 39.1 Å². The monoisotopic (exact) mass is 373 g/mol. The van der Waals surface area contributed by atoms with Crippen LogP contribution in [0.3, 0.4) is 0 Å². The number of carbonyl (C=O) groups is 1. The first-order chi connectivity index (χ1) is 12.0. The number of primary amides is 1. The highest BCUT2D eigenvalue weighted by molar-refractivity contribution is 6.05. The van der Waals surface area contributed by atoms with Crippen molar-refractivity contribution < 1.29 is 22.4 Å². The fourth-order valence-corrected chi connectivity index (χ4v) is 2.42. The summed E-state index contributed by atoms with van der Waals surface area (Å²) < 4.78 is 44.5. The standard InChI is InChI=1S/C14H14F3N3O2.2C2H6/c1-5(14(15,16)17)10-8(4-9(18)11(10)13(19)21)12-6(2)22-7(3)20-12;2*1-2/h2,4,18H2,1,3H3,(H2,19,21);2*1-2H3/b10-5-,12-8+;;. The van der Waals surface area contributed by atoms with Gasteiger partial charge in [-0.05, 0) is 12.5 Å². The highest BCUT2D eigenvalue weighted by Gasteiger charge is 2.39. The Bertz CT molecular complexity index is 831. The summed E-state index contributed by atoms with van der Waals surface area (Å²) in [6.07, 6.45) is -4.71. The van der Waals surface area contributed by atoms with Crippen molar-refractivity contribution in [1.29, 1.82) is 0 Å². The Morgan fingerprint density at radius 2 is 1.73 bits per heavy atom. The zero-order chi connectivity index (χ0) is 20.8. The lowest BCUT2D eigenvalue weighted by molar-refractivity contribution is -0.114. The molecule has 0 spiro atoms. The Hall–Kier alpha value is -2.51. The summed E-state index contributed by atoms with van der Waals surface area (Å²) in [5, 5.41) is 0.148. The van der Waals surface area contributed by atoms with Gasteiger partial charge in [0.25, 0.3) is 5.91 Å². The number of allylic oxidation sites excluding steroid dienone is 2. The van der Waals surface area contributed by atoms with Crippen LogP contribution >= 0.6 is 0 Å². The van der Waals surface area contributed by atoms with Crippen molar-refractivity contribution in [3.8, 4) is 0 Å². The fraction of sp³-hybridized carbons (Fsp3) is 0.444. The Kier molecular flexibility index (Phi) is 8.37. The molecule has 1 aliphatic rings. The quantitative estimate of drug-likeness (QED) is 0.791. The third-order valence-corrected chi connectivity index (χ3v) is 3.38. The Balaban J connectivity index is 0.00000146. The van der Waals surface area contributed by atoms with E-state index in [1.807, 2.05) is 27.7 Å². The van der Waals surface area contributed by atoms with E-state index < -0.39 is 17.7 Å². The van der Waals surface area contributed by atoms with Crippen LogP contribution in [0.2, 0.25) is 0 Å². The van der Waals surface area contributed by atoms with Crippen LogP contribution < -0.4 is 22.2 Å². The molecule has 2 rings (SSSR count). The first kappa shape index (κ1) is 23.5. The fourth-order valence-electron chi connectivity index (χ4n) is 2.42. The predicted octanol–water partition coefficient (Wildman–Crippen LogP) is 2.58. The van der Waals surface area contributed by atoms with E-state index in [1.165, 1.54) is 0 Å². The maximum absolute atomic E-state index is 13.1. The molecule has 0 aliphatic heterocycles. The second kappa shape index (κ2) is 9.26. The van der Waals surface area contributed by atoms with Crippen LogP contribution in [-0.2, 0) is 4.79 Å². The molecule has 26 heavy (non-hydrogen) atoms. The molecule has 0 radical (unpaired) electrons. The summed E-state index contributed by atoms with van der Waals surface area (Å²) in [7, 11) is 0. The van der Waals surface area contributed by atoms with Gasteiger partial charge in [0.05, 0.1) is 5.57 Å². The molecule has 4 N–H and O–H groups in total. The highest BCUT2D eigenvalue weighted by atomic mass is 19.4. The van der Waals surface area contributed by atoms with Crippen LogP contribution in [0.15, 0.2) is 26.8 Å². The number of halogens is 3. The Labute approximate surface area is 151 Å². The molecule has 1 aliphatic carbocycles. The summed E-state index contributed by atoms with van der Waals surface area (Å²) >= 11 is 0. The van der Waals surface area contributed by atoms with Crippen molar-refractivity contribution in [3.63, 3.8) is 0 Å². The predicted molar refractivity (Wildman–Crippen MR) is 95.9 cm³/mol. The Morgan fingerprint density at radius 3 is 2.08 bits per heavy atom. The van der Waals surface area contributed by atoms with Gasteiger partial charge in [-0.3, -0.25) is 4.79 Å². The molecule has 1 aromatic rings. The van der Waals surface area contributed by atoms with E-state index in [1.54, 1.807) is 6.92 Å². The molecule has 0 saturated heterocycles. The smallest absolute Gasteiger partial charge is 0.413 e. The number of alkyl halides is 3. The normalized spacial score (nSPS) is 17.9. The number of hydrogen-bond donors (Lipinski definition) is 2. The molecule has 0 bridgehead atoms. The van der Waals surface area contributed by atoms with Crippen molar-refractivity contribution in [2.45, 2.75) is 54.1 Å². The van der Waals surface area contributed by atoms with Gasteiger partial charge >= 0.3 is 6.18 Å². The van der Waals surface area contributed by atoms with Crippen LogP contribution in [0.1, 0.15) is 46.9 Å². The Morgan fingerprint density at radius 1 is 1.23 bits per heavy atom. The number of hydrogen-bond acceptors (Lipinski definition) is 4. The maximum atomic E-state index is 13.1. The zero-order valence-corrected chi connectivity index (χ0v) is 16.0. The summed E-state index contributed by atoms with van der Waals surface area (Å²) in [6.45, 7) is 14.0. The molecule has 0 fully saturated rings. The summed E-state index contributed by atoms with van der Waals surface area (Å²) in [6, 6.07) is 0. The van der Waals surface area contributed by atoms with Crippen molar-refractivity contribution >= 4 is 18.1 Å². The van der Waals surface area contributed by atoms with Gasteiger partial charge < -0.3 is 15.9 Å². The first-order valence-electron chi connectivity index (χ1n) is 8.26. The lowest BCUT2D eigenvalue weighted by atomic mass is 9.97. The van der Waals surface area contributed by atoms with Gasteiger partial charge in [-0.25, -0.2) is 4.98 Å². The zero-order valence-electron chi connectivity index (χ0n) is 16.0. The molecular weight excluding hydrogens is 347 g/mol. The second-order valence-corrected chi connectivity index (χ2v) is 4.92. The minimum absolute atomic E-state index is 0.0267. The van der Waals surface area contributed by atoms with Gasteiger partial charge in [0, 0.05) is 30.2 Å². The van der Waals surface area contributed by atoms with E-state index in [2.05, 4.69) is 11.6 Å². The molecule has 1 amide bonds. The number of oxazole rings is 1. The molecule has 5 nitrogen and oxygen atoms in total. The van der Waals surface area contributed by atoms with Crippen LogP contribution in [0.5, 0.6) is 0 Å². The van der Waals surface area contributed by atoms with E-state index in [9.17, 15) is 18.0 Å². The molecule has 146 valence electrons. The molecular formula is C18H26F3N3O2. The van der Waals surface area contributed by atoms with E-state index >= 15 is 0 Å². The van der Waals surface area contributed by atoms with Crippen LogP contribution in [-0.4, -0.2) is 17.1 Å². The summed E-state index contributed by atoms with van der Waals surface area (Å²) in [5.41, 5.74) is 9.50. The highest BCUT2D eigenvalue weighted by Crippen LogP contribution is 2.41. The third-order valence-electron chi connectivity index (χ3n) is 3.38. The van der Waals surface area contributed by atoms with Crippen molar-refractivity contribution in [2.75, 3.05) is 0 Å². The molecule has 8 heteroatoms. The molecule has 1 heterocycles. The van der Waals surface area contributed by atoms with E-state index in [0.717, 1.165) is 6.92 Å². The van der Waals surface area contributed by atoms with Crippen molar-refractivity contribution in [2.24, 2.45) is 11.5 Å². The van der Waals surface area contributed by atoms with Gasteiger partial charge in [-0.2, -0.15) is 13.2 Å². The van der Waals surface area contributed by atoms with E-state index in [0.29, 0.717) is 0 Å². The third kappa shape index (κ3) is 4.77. The minimum atomic E-state index is -4.63. The molecule has 1 aromatic heterocycles. The molecule has 0 atom stereocenters. The molecule has 0 aromatic carbocycles. The molecule has 0 saturated carbocycles. The summed E-state index contributed by atoms with van der Waals surface area (Å²) in [5.74, 6) is -0.764. The number of nitrogens with zero attached hydrogens (tertiary/aromatic N) is 1. The molecule has 0 unspecified atom stereocenters. The summed E-state index contributed by atoms with van der Waals surface area (Å²) in [4.78, 5) is 15.6. The number of carbonyl (C=O) groups excluding carboxylic acids is 1. The van der Waals surface area contributed by atoms with E-state index in [-0.39, 0.29) is 45.5 Å². The minimum Gasteiger partial charge on any atom is -0.442 e. The maximum Gasteiger partial charge on any atom is 0.413 e. The topological polar surface area (TPSA) is 95.1 Å². The van der Waals surface area contributed by atoms with Crippen LogP contribution in [0, 0.1) is 6.92 Å². The van der Waals surface area contributed by atoms with E-state index in [4.69, 9.17) is 15.9 Å². The largest absolute Gasteiger partial charge is 0.442 e. The number of nitrogens with two attached hydrogens (primary N) is 2. The van der Waals surface area contributed by atoms with Gasteiger partial charge in [0.2, 0.25) is 0 Å². The van der Waals surface area contributed by atoms with Gasteiger partial charge in [-0.15, -0.1) is 0 Å². The lowest BCUT2D eigenvalue weighted by Gasteiger charge is -2.13. The average molecular weight is 373 g/mol. The lowest BCUT2D eigenvalue weighted by Crippen LogP contribution is -2.26. The van der Waals surface area contributed by atoms with Crippen LogP contribution in [0.25, 0.3) is 12.2 Å². The first-order valence-corrected chi connectivity index (χ1v) is 8.26. The number of aromatic nitrogens is 1. The number of rotatable bonds is 1. The average Bonchev–Trinajstić information content (AvgIpc) is 3.08. The van der Waals surface area contributed by atoms with Gasteiger partial charge in [-0.1, -0.05) is 34.3 Å². The number of aryl methyl sites for hydroxylation is 1. The second-order valence-electron chi connectivity index (χ2n) is 4.92. The van der Waals surface area contributed by atoms with Gasteiger partial charge in [0.1, 0.15) is 10.8 Å². The van der Waals surface area contributed by atoms with Gasteiger partial charge in [0.15, 0.2) is 5.89 Å². The van der Waals surface area contributed by atoms with Crippen LogP contribution in [0.4, 0.5) is 13.2 Å².